The molecule has 0 atom stereocenters. The zero-order chi connectivity index (χ0) is 21.8. The van der Waals surface area contributed by atoms with Gasteiger partial charge >= 0.3 is 0 Å². The van der Waals surface area contributed by atoms with Gasteiger partial charge < -0.3 is 5.11 Å². The number of aromatic hydroxyl groups is 1. The maximum Gasteiger partial charge on any atom is 0.273 e. The highest BCUT2D eigenvalue weighted by Crippen LogP contribution is 2.24. The number of hydrogen-bond acceptors (Lipinski definition) is 4. The van der Waals surface area contributed by atoms with Crippen LogP contribution in [-0.4, -0.2) is 26.7 Å². The van der Waals surface area contributed by atoms with Gasteiger partial charge in [-0.3, -0.25) is 20.4 Å². The molecule has 8 heteroatoms. The van der Waals surface area contributed by atoms with Crippen LogP contribution in [0.15, 0.2) is 85.1 Å². The Labute approximate surface area is 176 Å². The molecule has 0 spiro atoms. The quantitative estimate of drug-likeness (QED) is 0.444. The molecule has 0 radical (unpaired) electrons. The fourth-order valence-electron chi connectivity index (χ4n) is 2.97. The van der Waals surface area contributed by atoms with E-state index in [9.17, 15) is 19.1 Å². The maximum absolute atomic E-state index is 13.4. The second kappa shape index (κ2) is 8.50. The molecule has 0 unspecified atom stereocenters. The molecule has 1 aromatic heterocycles. The lowest BCUT2D eigenvalue weighted by Gasteiger charge is -2.08. The van der Waals surface area contributed by atoms with Crippen LogP contribution in [0.4, 0.5) is 4.39 Å². The Morgan fingerprint density at radius 3 is 2.29 bits per heavy atom. The molecular formula is C23H17FN4O3. The first-order chi connectivity index (χ1) is 15.0. The molecule has 0 aliphatic rings. The molecular weight excluding hydrogens is 399 g/mol. The third-order valence-corrected chi connectivity index (χ3v) is 4.50. The van der Waals surface area contributed by atoms with Crippen molar-refractivity contribution in [3.8, 4) is 22.7 Å². The average molecular weight is 416 g/mol. The van der Waals surface area contributed by atoms with Crippen molar-refractivity contribution in [3.05, 3.63) is 102 Å². The standard InChI is InChI=1S/C23H17FN4O3/c24-17-11-9-15(10-12-17)21-20(14-28(27-21)18-6-2-1-3-7-18)23(31)26-25-22(30)16-5-4-8-19(29)13-16/h1-14,29H,(H,25,30)(H,26,31). The number of carbonyl (C=O) groups is 2. The number of halogens is 1. The van der Waals surface area contributed by atoms with E-state index >= 15 is 0 Å². The van der Waals surface area contributed by atoms with Crippen LogP contribution in [0.2, 0.25) is 0 Å². The summed E-state index contributed by atoms with van der Waals surface area (Å²) in [5.74, 6) is -1.67. The first-order valence-corrected chi connectivity index (χ1v) is 9.32. The minimum Gasteiger partial charge on any atom is -0.508 e. The van der Waals surface area contributed by atoms with Crippen molar-refractivity contribution in [1.82, 2.24) is 20.6 Å². The molecule has 2 amide bonds. The van der Waals surface area contributed by atoms with Gasteiger partial charge in [-0.25, -0.2) is 9.07 Å². The summed E-state index contributed by atoms with van der Waals surface area (Å²) in [4.78, 5) is 25.1. The van der Waals surface area contributed by atoms with Crippen molar-refractivity contribution in [1.29, 1.82) is 0 Å². The summed E-state index contributed by atoms with van der Waals surface area (Å²) in [6.07, 6.45) is 1.53. The predicted molar refractivity (Wildman–Crippen MR) is 112 cm³/mol. The summed E-state index contributed by atoms with van der Waals surface area (Å²) in [6, 6.07) is 20.5. The second-order valence-electron chi connectivity index (χ2n) is 6.64. The van der Waals surface area contributed by atoms with Crippen molar-refractivity contribution < 1.29 is 19.1 Å². The summed E-state index contributed by atoms with van der Waals surface area (Å²) in [6.45, 7) is 0. The number of hydrogen-bond donors (Lipinski definition) is 3. The van der Waals surface area contributed by atoms with Crippen LogP contribution >= 0.6 is 0 Å². The number of carbonyl (C=O) groups excluding carboxylic acids is 2. The molecule has 0 saturated carbocycles. The van der Waals surface area contributed by atoms with E-state index in [1.54, 1.807) is 0 Å². The number of benzene rings is 3. The lowest BCUT2D eigenvalue weighted by molar-refractivity contribution is 0.0847. The normalized spacial score (nSPS) is 10.5. The highest BCUT2D eigenvalue weighted by Gasteiger charge is 2.19. The molecule has 0 fully saturated rings. The van der Waals surface area contributed by atoms with Crippen molar-refractivity contribution in [2.24, 2.45) is 0 Å². The second-order valence-corrected chi connectivity index (χ2v) is 6.64. The lowest BCUT2D eigenvalue weighted by Crippen LogP contribution is -2.41. The number of hydrazine groups is 1. The Morgan fingerprint density at radius 1 is 0.871 bits per heavy atom. The molecule has 0 bridgehead atoms. The van der Waals surface area contributed by atoms with Gasteiger partial charge in [0.25, 0.3) is 11.8 Å². The van der Waals surface area contributed by atoms with E-state index in [0.29, 0.717) is 11.3 Å². The largest absolute Gasteiger partial charge is 0.508 e. The van der Waals surface area contributed by atoms with Gasteiger partial charge in [-0.2, -0.15) is 5.10 Å². The maximum atomic E-state index is 13.4. The zero-order valence-corrected chi connectivity index (χ0v) is 16.1. The molecule has 4 rings (SSSR count). The molecule has 154 valence electrons. The minimum absolute atomic E-state index is 0.0679. The van der Waals surface area contributed by atoms with Crippen LogP contribution in [-0.2, 0) is 0 Å². The number of phenols is 1. The summed E-state index contributed by atoms with van der Waals surface area (Å²) in [5.41, 5.74) is 6.64. The summed E-state index contributed by atoms with van der Waals surface area (Å²) >= 11 is 0. The number of nitrogens with one attached hydrogen (secondary N) is 2. The topological polar surface area (TPSA) is 96.3 Å². The van der Waals surface area contributed by atoms with Crippen molar-refractivity contribution in [2.75, 3.05) is 0 Å². The molecule has 0 aliphatic carbocycles. The first kappa shape index (κ1) is 19.8. The number of rotatable bonds is 4. The number of para-hydroxylation sites is 1. The predicted octanol–water partition coefficient (Wildman–Crippen LogP) is 3.46. The Hall–Kier alpha value is -4.46. The average Bonchev–Trinajstić information content (AvgIpc) is 3.24. The van der Waals surface area contributed by atoms with E-state index in [4.69, 9.17) is 0 Å². The van der Waals surface area contributed by atoms with E-state index in [-0.39, 0.29) is 16.9 Å². The fourth-order valence-corrected chi connectivity index (χ4v) is 2.97. The molecule has 3 aromatic carbocycles. The zero-order valence-electron chi connectivity index (χ0n) is 16.1. The van der Waals surface area contributed by atoms with Crippen molar-refractivity contribution in [2.45, 2.75) is 0 Å². The molecule has 7 nitrogen and oxygen atoms in total. The van der Waals surface area contributed by atoms with E-state index in [0.717, 1.165) is 5.69 Å². The highest BCUT2D eigenvalue weighted by atomic mass is 19.1. The Kier molecular flexibility index (Phi) is 5.44. The Balaban J connectivity index is 1.62. The van der Waals surface area contributed by atoms with Gasteiger partial charge in [0, 0.05) is 17.3 Å². The van der Waals surface area contributed by atoms with Crippen molar-refractivity contribution in [3.63, 3.8) is 0 Å². The smallest absolute Gasteiger partial charge is 0.273 e. The molecule has 1 heterocycles. The van der Waals surface area contributed by atoms with E-state index in [1.807, 2.05) is 30.3 Å². The van der Waals surface area contributed by atoms with Gasteiger partial charge in [-0.15, -0.1) is 0 Å². The van der Waals surface area contributed by atoms with Gasteiger partial charge in [0.1, 0.15) is 17.3 Å². The van der Waals surface area contributed by atoms with Gasteiger partial charge in [-0.1, -0.05) is 24.3 Å². The van der Waals surface area contributed by atoms with Crippen LogP contribution in [0, 0.1) is 5.82 Å². The Morgan fingerprint density at radius 2 is 1.58 bits per heavy atom. The third-order valence-electron chi connectivity index (χ3n) is 4.50. The number of phenolic OH excluding ortho intramolecular Hbond substituents is 1. The number of amides is 2. The molecule has 3 N–H and O–H groups in total. The highest BCUT2D eigenvalue weighted by molar-refractivity contribution is 6.02. The van der Waals surface area contributed by atoms with Gasteiger partial charge in [0.05, 0.1) is 11.3 Å². The van der Waals surface area contributed by atoms with E-state index < -0.39 is 17.6 Å². The lowest BCUT2D eigenvalue weighted by atomic mass is 10.1. The Bertz CT molecular complexity index is 1240. The van der Waals surface area contributed by atoms with Crippen LogP contribution < -0.4 is 10.9 Å². The molecule has 31 heavy (non-hydrogen) atoms. The monoisotopic (exact) mass is 416 g/mol. The molecule has 4 aromatic rings. The van der Waals surface area contributed by atoms with Gasteiger partial charge in [0.2, 0.25) is 0 Å². The molecule has 0 aliphatic heterocycles. The summed E-state index contributed by atoms with van der Waals surface area (Å²) < 4.78 is 14.9. The van der Waals surface area contributed by atoms with E-state index in [2.05, 4.69) is 16.0 Å². The third kappa shape index (κ3) is 4.43. The summed E-state index contributed by atoms with van der Waals surface area (Å²) in [7, 11) is 0. The van der Waals surface area contributed by atoms with Crippen LogP contribution in [0.25, 0.3) is 16.9 Å². The van der Waals surface area contributed by atoms with Crippen LogP contribution in [0.3, 0.4) is 0 Å². The van der Waals surface area contributed by atoms with Gasteiger partial charge in [-0.05, 0) is 54.6 Å². The fraction of sp³-hybridized carbons (Fsp3) is 0. The number of nitrogens with zero attached hydrogens (tertiary/aromatic N) is 2. The summed E-state index contributed by atoms with van der Waals surface area (Å²) in [5, 5.41) is 14.0. The van der Waals surface area contributed by atoms with Gasteiger partial charge in [0.15, 0.2) is 0 Å². The van der Waals surface area contributed by atoms with Crippen molar-refractivity contribution >= 4 is 11.8 Å². The first-order valence-electron chi connectivity index (χ1n) is 9.32. The SMILES string of the molecule is O=C(NNC(=O)c1cn(-c2ccccc2)nc1-c1ccc(F)cc1)c1cccc(O)c1. The van der Waals surface area contributed by atoms with Crippen LogP contribution in [0.5, 0.6) is 5.75 Å². The molecule has 0 saturated heterocycles. The van der Waals surface area contributed by atoms with E-state index in [1.165, 1.54) is 59.4 Å². The number of aromatic nitrogens is 2. The van der Waals surface area contributed by atoms with Crippen LogP contribution in [0.1, 0.15) is 20.7 Å². The minimum atomic E-state index is -0.602.